The van der Waals surface area contributed by atoms with Gasteiger partial charge in [-0.1, -0.05) is 72.8 Å². The van der Waals surface area contributed by atoms with Crippen LogP contribution in [0.15, 0.2) is 72.8 Å². The number of hydrogen-bond donors (Lipinski definition) is 0. The third kappa shape index (κ3) is 1.58. The molecule has 2 aliphatic rings. The Hall–Kier alpha value is -2.60. The highest BCUT2D eigenvalue weighted by atomic mass is 14.3. The van der Waals surface area contributed by atoms with Gasteiger partial charge in [-0.05, 0) is 57.4 Å². The molecular formula is C22H16. The Bertz CT molecular complexity index is 852. The molecule has 0 aromatic heterocycles. The highest BCUT2D eigenvalue weighted by Gasteiger charge is 2.28. The van der Waals surface area contributed by atoms with Crippen LogP contribution in [-0.4, -0.2) is 0 Å². The molecule has 2 aliphatic carbocycles. The summed E-state index contributed by atoms with van der Waals surface area (Å²) < 4.78 is 0. The van der Waals surface area contributed by atoms with Crippen LogP contribution in [0.3, 0.4) is 0 Å². The number of hydrogen-bond acceptors (Lipinski definition) is 0. The van der Waals surface area contributed by atoms with E-state index in [0.29, 0.717) is 0 Å². The summed E-state index contributed by atoms with van der Waals surface area (Å²) in [6, 6.07) is 26.6. The largest absolute Gasteiger partial charge is 0.0619 e. The summed E-state index contributed by atoms with van der Waals surface area (Å²) in [4.78, 5) is 0. The molecule has 0 N–H and O–H groups in total. The molecule has 0 saturated carbocycles. The van der Waals surface area contributed by atoms with Gasteiger partial charge in [-0.2, -0.15) is 0 Å². The maximum atomic E-state index is 2.28. The van der Waals surface area contributed by atoms with Gasteiger partial charge in [-0.15, -0.1) is 0 Å². The Kier molecular flexibility index (Phi) is 2.42. The van der Waals surface area contributed by atoms with Crippen molar-refractivity contribution in [2.24, 2.45) is 0 Å². The predicted octanol–water partition coefficient (Wildman–Crippen LogP) is 5.38. The van der Waals surface area contributed by atoms with Crippen LogP contribution in [0.5, 0.6) is 0 Å². The summed E-state index contributed by atoms with van der Waals surface area (Å²) in [6.45, 7) is 0. The van der Waals surface area contributed by atoms with Crippen molar-refractivity contribution in [3.63, 3.8) is 0 Å². The highest BCUT2D eigenvalue weighted by Crippen LogP contribution is 2.47. The normalized spacial score (nSPS) is 14.7. The summed E-state index contributed by atoms with van der Waals surface area (Å²) in [7, 11) is 0. The molecule has 0 bridgehead atoms. The van der Waals surface area contributed by atoms with Crippen molar-refractivity contribution >= 4 is 11.1 Å². The van der Waals surface area contributed by atoms with Crippen LogP contribution in [0.25, 0.3) is 22.3 Å². The fraction of sp³-hybridized carbons (Fsp3) is 0.0909. The van der Waals surface area contributed by atoms with E-state index in [-0.39, 0.29) is 0 Å². The van der Waals surface area contributed by atoms with Crippen LogP contribution in [0.1, 0.15) is 22.3 Å². The molecule has 0 spiro atoms. The van der Waals surface area contributed by atoms with Crippen molar-refractivity contribution in [1.82, 2.24) is 0 Å². The third-order valence-corrected chi connectivity index (χ3v) is 5.00. The van der Waals surface area contributed by atoms with E-state index in [4.69, 9.17) is 0 Å². The third-order valence-electron chi connectivity index (χ3n) is 5.00. The van der Waals surface area contributed by atoms with Gasteiger partial charge in [0.05, 0.1) is 0 Å². The molecule has 5 rings (SSSR count). The molecule has 0 saturated heterocycles. The quantitative estimate of drug-likeness (QED) is 0.519. The van der Waals surface area contributed by atoms with Gasteiger partial charge >= 0.3 is 0 Å². The first-order valence-corrected chi connectivity index (χ1v) is 7.90. The van der Waals surface area contributed by atoms with Crippen LogP contribution in [0, 0.1) is 0 Å². The first-order valence-electron chi connectivity index (χ1n) is 7.90. The SMILES string of the molecule is c1ccc2c(c1)CC1=C(Cc3ccccc3-2)c2ccccc21. The van der Waals surface area contributed by atoms with E-state index in [2.05, 4.69) is 72.8 Å². The average molecular weight is 280 g/mol. The van der Waals surface area contributed by atoms with E-state index < -0.39 is 0 Å². The number of fused-ring (bicyclic) bond motifs is 6. The zero-order chi connectivity index (χ0) is 14.5. The van der Waals surface area contributed by atoms with Gasteiger partial charge in [0.25, 0.3) is 0 Å². The zero-order valence-electron chi connectivity index (χ0n) is 12.3. The molecule has 22 heavy (non-hydrogen) atoms. The standard InChI is InChI=1S/C22H16/c1-3-9-17-15(7-1)13-21-19-11-5-6-12-20(19)22(21)14-16-8-2-4-10-18(16)17/h1-12H,13-14H2. The molecule has 0 unspecified atom stereocenters. The van der Waals surface area contributed by atoms with Crippen LogP contribution in [0.4, 0.5) is 0 Å². The predicted molar refractivity (Wildman–Crippen MR) is 92.5 cm³/mol. The topological polar surface area (TPSA) is 0 Å². The van der Waals surface area contributed by atoms with Crippen molar-refractivity contribution in [1.29, 1.82) is 0 Å². The molecule has 0 heteroatoms. The molecule has 0 fully saturated rings. The molecule has 0 atom stereocenters. The Balaban J connectivity index is 1.78. The van der Waals surface area contributed by atoms with E-state index in [1.54, 1.807) is 0 Å². The van der Waals surface area contributed by atoms with Crippen molar-refractivity contribution in [3.05, 3.63) is 95.1 Å². The van der Waals surface area contributed by atoms with E-state index in [1.165, 1.54) is 44.5 Å². The average Bonchev–Trinajstić information content (AvgIpc) is 2.57. The Morgan fingerprint density at radius 3 is 1.23 bits per heavy atom. The molecule has 0 amide bonds. The summed E-state index contributed by atoms with van der Waals surface area (Å²) in [6.07, 6.45) is 2.10. The van der Waals surface area contributed by atoms with Crippen LogP contribution >= 0.6 is 0 Å². The lowest BCUT2D eigenvalue weighted by Gasteiger charge is -2.31. The monoisotopic (exact) mass is 280 g/mol. The van der Waals surface area contributed by atoms with E-state index in [1.807, 2.05) is 0 Å². The first kappa shape index (κ1) is 12.0. The molecule has 104 valence electrons. The van der Waals surface area contributed by atoms with Gasteiger partial charge in [0.2, 0.25) is 0 Å². The van der Waals surface area contributed by atoms with Gasteiger partial charge in [0.1, 0.15) is 0 Å². The molecule has 0 radical (unpaired) electrons. The first-order chi connectivity index (χ1) is 10.9. The highest BCUT2D eigenvalue weighted by molar-refractivity contribution is 6.06. The maximum absolute atomic E-state index is 2.28. The second kappa shape index (κ2) is 4.45. The summed E-state index contributed by atoms with van der Waals surface area (Å²) >= 11 is 0. The van der Waals surface area contributed by atoms with Crippen LogP contribution in [0.2, 0.25) is 0 Å². The molecule has 0 heterocycles. The molecule has 0 aliphatic heterocycles. The van der Waals surface area contributed by atoms with E-state index in [9.17, 15) is 0 Å². The Morgan fingerprint density at radius 1 is 0.409 bits per heavy atom. The second-order valence-electron chi connectivity index (χ2n) is 6.17. The number of rotatable bonds is 0. The van der Waals surface area contributed by atoms with Gasteiger partial charge < -0.3 is 0 Å². The maximum Gasteiger partial charge on any atom is -0.00104 e. The van der Waals surface area contributed by atoms with Gasteiger partial charge in [0.15, 0.2) is 0 Å². The minimum atomic E-state index is 1.05. The minimum absolute atomic E-state index is 1.05. The molecule has 3 aromatic carbocycles. The fourth-order valence-electron chi connectivity index (χ4n) is 3.93. The summed E-state index contributed by atoms with van der Waals surface area (Å²) in [5.41, 5.74) is 11.7. The fourth-order valence-corrected chi connectivity index (χ4v) is 3.93. The van der Waals surface area contributed by atoms with Gasteiger partial charge in [0, 0.05) is 0 Å². The minimum Gasteiger partial charge on any atom is -0.0619 e. The Morgan fingerprint density at radius 2 is 0.773 bits per heavy atom. The lowest BCUT2D eigenvalue weighted by molar-refractivity contribution is 1.16. The van der Waals surface area contributed by atoms with E-state index in [0.717, 1.165) is 12.8 Å². The molecular weight excluding hydrogens is 264 g/mol. The van der Waals surface area contributed by atoms with Gasteiger partial charge in [-0.3, -0.25) is 0 Å². The van der Waals surface area contributed by atoms with E-state index >= 15 is 0 Å². The van der Waals surface area contributed by atoms with Crippen molar-refractivity contribution in [3.8, 4) is 11.1 Å². The second-order valence-corrected chi connectivity index (χ2v) is 6.17. The van der Waals surface area contributed by atoms with Crippen molar-refractivity contribution in [2.45, 2.75) is 12.8 Å². The van der Waals surface area contributed by atoms with Crippen LogP contribution < -0.4 is 0 Å². The van der Waals surface area contributed by atoms with Crippen molar-refractivity contribution in [2.75, 3.05) is 0 Å². The Labute approximate surface area is 130 Å². The zero-order valence-corrected chi connectivity index (χ0v) is 12.3. The lowest BCUT2D eigenvalue weighted by atomic mass is 9.72. The number of benzene rings is 3. The summed E-state index contributed by atoms with van der Waals surface area (Å²) in [5, 5.41) is 0. The molecule has 3 aromatic rings. The molecule has 0 nitrogen and oxygen atoms in total. The lowest BCUT2D eigenvalue weighted by Crippen LogP contribution is -2.13. The smallest absolute Gasteiger partial charge is 0.00104 e. The van der Waals surface area contributed by atoms with Crippen molar-refractivity contribution < 1.29 is 0 Å². The number of allylic oxidation sites excluding steroid dienone is 2. The van der Waals surface area contributed by atoms with Crippen LogP contribution in [-0.2, 0) is 12.8 Å². The summed E-state index contributed by atoms with van der Waals surface area (Å²) in [5.74, 6) is 0. The van der Waals surface area contributed by atoms with Gasteiger partial charge in [-0.25, -0.2) is 0 Å².